The van der Waals surface area contributed by atoms with Gasteiger partial charge in [-0.3, -0.25) is 0 Å². The molecule has 2 N–H and O–H groups in total. The monoisotopic (exact) mass is 265 g/mol. The minimum Gasteiger partial charge on any atom is -0.508 e. The molecule has 1 heterocycles. The second-order valence-electron chi connectivity index (χ2n) is 4.43. The van der Waals surface area contributed by atoms with Crippen molar-refractivity contribution in [1.82, 2.24) is 4.98 Å². The molecule has 0 saturated heterocycles. The normalized spacial score (nSPS) is 10.6. The SMILES string of the molecule is O=C(O)c1cc(-c2ccccc2)nc2cc(O)ccc12. The van der Waals surface area contributed by atoms with Gasteiger partial charge < -0.3 is 10.2 Å². The van der Waals surface area contributed by atoms with Crippen LogP contribution in [0.25, 0.3) is 22.2 Å². The molecule has 4 heteroatoms. The fourth-order valence-electron chi connectivity index (χ4n) is 2.15. The van der Waals surface area contributed by atoms with Gasteiger partial charge in [0, 0.05) is 17.0 Å². The molecule has 98 valence electrons. The van der Waals surface area contributed by atoms with E-state index in [9.17, 15) is 15.0 Å². The molecule has 0 amide bonds. The van der Waals surface area contributed by atoms with E-state index < -0.39 is 5.97 Å². The van der Waals surface area contributed by atoms with Gasteiger partial charge in [0.15, 0.2) is 0 Å². The van der Waals surface area contributed by atoms with Crippen LogP contribution in [-0.4, -0.2) is 21.2 Å². The summed E-state index contributed by atoms with van der Waals surface area (Å²) in [6.45, 7) is 0. The molecule has 0 fully saturated rings. The smallest absolute Gasteiger partial charge is 0.336 e. The Morgan fingerprint density at radius 2 is 1.75 bits per heavy atom. The topological polar surface area (TPSA) is 70.4 Å². The molecule has 0 aliphatic heterocycles. The highest BCUT2D eigenvalue weighted by Crippen LogP contribution is 2.27. The number of carboxylic acids is 1. The summed E-state index contributed by atoms with van der Waals surface area (Å²) in [6.07, 6.45) is 0. The lowest BCUT2D eigenvalue weighted by Crippen LogP contribution is -2.00. The summed E-state index contributed by atoms with van der Waals surface area (Å²) in [5, 5.41) is 19.4. The molecule has 0 aliphatic carbocycles. The van der Waals surface area contributed by atoms with E-state index in [-0.39, 0.29) is 11.3 Å². The van der Waals surface area contributed by atoms with E-state index in [1.165, 1.54) is 12.1 Å². The zero-order valence-electron chi connectivity index (χ0n) is 10.4. The highest BCUT2D eigenvalue weighted by molar-refractivity contribution is 6.04. The Balaban J connectivity index is 2.32. The zero-order chi connectivity index (χ0) is 14.1. The summed E-state index contributed by atoms with van der Waals surface area (Å²) in [5.74, 6) is -0.952. The van der Waals surface area contributed by atoms with Gasteiger partial charge in [0.25, 0.3) is 0 Å². The third-order valence-electron chi connectivity index (χ3n) is 3.09. The number of nitrogens with zero attached hydrogens (tertiary/aromatic N) is 1. The van der Waals surface area contributed by atoms with Crippen molar-refractivity contribution >= 4 is 16.9 Å². The zero-order valence-corrected chi connectivity index (χ0v) is 10.4. The highest BCUT2D eigenvalue weighted by atomic mass is 16.4. The largest absolute Gasteiger partial charge is 0.508 e. The number of aromatic hydroxyl groups is 1. The Morgan fingerprint density at radius 1 is 1.00 bits per heavy atom. The number of hydrogen-bond acceptors (Lipinski definition) is 3. The van der Waals surface area contributed by atoms with Crippen molar-refractivity contribution < 1.29 is 15.0 Å². The number of pyridine rings is 1. The fourth-order valence-corrected chi connectivity index (χ4v) is 2.15. The van der Waals surface area contributed by atoms with E-state index in [1.54, 1.807) is 12.1 Å². The Bertz CT molecular complexity index is 797. The molecular formula is C16H11NO3. The lowest BCUT2D eigenvalue weighted by molar-refractivity contribution is 0.0699. The molecular weight excluding hydrogens is 254 g/mol. The van der Waals surface area contributed by atoms with Crippen molar-refractivity contribution in [2.24, 2.45) is 0 Å². The van der Waals surface area contributed by atoms with Crippen LogP contribution in [-0.2, 0) is 0 Å². The quantitative estimate of drug-likeness (QED) is 0.745. The van der Waals surface area contributed by atoms with Crippen LogP contribution in [0.4, 0.5) is 0 Å². The number of hydrogen-bond donors (Lipinski definition) is 2. The van der Waals surface area contributed by atoms with Crippen LogP contribution >= 0.6 is 0 Å². The minimum atomic E-state index is -1.01. The molecule has 0 unspecified atom stereocenters. The standard InChI is InChI=1S/C16H11NO3/c18-11-6-7-12-13(16(19)20)9-14(17-15(12)8-11)10-4-2-1-3-5-10/h1-9,18H,(H,19,20). The van der Waals surface area contributed by atoms with Crippen LogP contribution in [0, 0.1) is 0 Å². The van der Waals surface area contributed by atoms with Crippen molar-refractivity contribution in [2.45, 2.75) is 0 Å². The molecule has 1 aromatic heterocycles. The average Bonchev–Trinajstić information content (AvgIpc) is 2.46. The fraction of sp³-hybridized carbons (Fsp3) is 0. The van der Waals surface area contributed by atoms with Gasteiger partial charge in [0.2, 0.25) is 0 Å². The van der Waals surface area contributed by atoms with Crippen molar-refractivity contribution in [2.75, 3.05) is 0 Å². The van der Waals surface area contributed by atoms with Gasteiger partial charge in [-0.25, -0.2) is 9.78 Å². The summed E-state index contributed by atoms with van der Waals surface area (Å²) in [5.41, 5.74) is 2.04. The third kappa shape index (κ3) is 2.07. The first kappa shape index (κ1) is 12.2. The summed E-state index contributed by atoms with van der Waals surface area (Å²) >= 11 is 0. The van der Waals surface area contributed by atoms with Gasteiger partial charge in [-0.05, 0) is 18.2 Å². The second kappa shape index (κ2) is 4.66. The Morgan fingerprint density at radius 3 is 2.45 bits per heavy atom. The first-order chi connectivity index (χ1) is 9.65. The molecule has 3 rings (SSSR count). The predicted octanol–water partition coefficient (Wildman–Crippen LogP) is 3.31. The van der Waals surface area contributed by atoms with Crippen LogP contribution in [0.3, 0.4) is 0 Å². The lowest BCUT2D eigenvalue weighted by Gasteiger charge is -2.07. The number of aromatic nitrogens is 1. The molecule has 0 atom stereocenters. The summed E-state index contributed by atoms with van der Waals surface area (Å²) in [7, 11) is 0. The van der Waals surface area contributed by atoms with E-state index >= 15 is 0 Å². The summed E-state index contributed by atoms with van der Waals surface area (Å²) < 4.78 is 0. The Hall–Kier alpha value is -2.88. The molecule has 0 saturated carbocycles. The number of benzene rings is 2. The molecule has 0 spiro atoms. The van der Waals surface area contributed by atoms with Crippen molar-refractivity contribution in [1.29, 1.82) is 0 Å². The van der Waals surface area contributed by atoms with Gasteiger partial charge in [-0.1, -0.05) is 30.3 Å². The number of rotatable bonds is 2. The van der Waals surface area contributed by atoms with Crippen molar-refractivity contribution in [3.8, 4) is 17.0 Å². The molecule has 0 radical (unpaired) electrons. The van der Waals surface area contributed by atoms with Crippen LogP contribution in [0.1, 0.15) is 10.4 Å². The van der Waals surface area contributed by atoms with Crippen molar-refractivity contribution in [3.05, 3.63) is 60.2 Å². The first-order valence-corrected chi connectivity index (χ1v) is 6.07. The maximum absolute atomic E-state index is 11.4. The summed E-state index contributed by atoms with van der Waals surface area (Å²) in [6, 6.07) is 15.4. The lowest BCUT2D eigenvalue weighted by atomic mass is 10.0. The maximum atomic E-state index is 11.4. The number of aromatic carboxylic acids is 1. The van der Waals surface area contributed by atoms with Crippen LogP contribution in [0.15, 0.2) is 54.6 Å². The molecule has 4 nitrogen and oxygen atoms in total. The molecule has 20 heavy (non-hydrogen) atoms. The van der Waals surface area contributed by atoms with Crippen molar-refractivity contribution in [3.63, 3.8) is 0 Å². The van der Waals surface area contributed by atoms with E-state index in [4.69, 9.17) is 0 Å². The number of carbonyl (C=O) groups is 1. The number of fused-ring (bicyclic) bond motifs is 1. The van der Waals surface area contributed by atoms with Crippen LogP contribution in [0.5, 0.6) is 5.75 Å². The molecule has 2 aromatic carbocycles. The molecule has 0 aliphatic rings. The highest BCUT2D eigenvalue weighted by Gasteiger charge is 2.13. The van der Waals surface area contributed by atoms with Gasteiger partial charge in [-0.15, -0.1) is 0 Å². The first-order valence-electron chi connectivity index (χ1n) is 6.07. The maximum Gasteiger partial charge on any atom is 0.336 e. The molecule has 0 bridgehead atoms. The summed E-state index contributed by atoms with van der Waals surface area (Å²) in [4.78, 5) is 15.8. The third-order valence-corrected chi connectivity index (χ3v) is 3.09. The average molecular weight is 265 g/mol. The number of carboxylic acid groups (broad SMARTS) is 1. The minimum absolute atomic E-state index is 0.0616. The van der Waals surface area contributed by atoms with E-state index in [1.807, 2.05) is 30.3 Å². The van der Waals surface area contributed by atoms with Gasteiger partial charge >= 0.3 is 5.97 Å². The van der Waals surface area contributed by atoms with Gasteiger partial charge in [0.05, 0.1) is 16.8 Å². The van der Waals surface area contributed by atoms with Crippen LogP contribution < -0.4 is 0 Å². The number of phenolic OH excluding ortho intramolecular Hbond substituents is 1. The van der Waals surface area contributed by atoms with E-state index in [2.05, 4.69) is 4.98 Å². The van der Waals surface area contributed by atoms with E-state index in [0.29, 0.717) is 16.6 Å². The number of phenols is 1. The van der Waals surface area contributed by atoms with Gasteiger partial charge in [0.1, 0.15) is 5.75 Å². The molecule has 3 aromatic rings. The second-order valence-corrected chi connectivity index (χ2v) is 4.43. The van der Waals surface area contributed by atoms with Crippen LogP contribution in [0.2, 0.25) is 0 Å². The Kier molecular flexibility index (Phi) is 2.84. The van der Waals surface area contributed by atoms with E-state index in [0.717, 1.165) is 5.56 Å². The predicted molar refractivity (Wildman–Crippen MR) is 75.8 cm³/mol. The Labute approximate surface area is 115 Å². The van der Waals surface area contributed by atoms with Gasteiger partial charge in [-0.2, -0.15) is 0 Å².